The fourth-order valence-electron chi connectivity index (χ4n) is 1.14. The van der Waals surface area contributed by atoms with Crippen molar-refractivity contribution in [1.82, 2.24) is 0 Å². The maximum absolute atomic E-state index is 10.3. The second kappa shape index (κ2) is 2.58. The van der Waals surface area contributed by atoms with Crippen molar-refractivity contribution in [3.8, 4) is 0 Å². The first kappa shape index (κ1) is 7.54. The van der Waals surface area contributed by atoms with Crippen molar-refractivity contribution >= 4 is 5.97 Å². The highest BCUT2D eigenvalue weighted by molar-refractivity contribution is 5.73. The number of carbonyl (C=O) groups is 1. The van der Waals surface area contributed by atoms with Crippen molar-refractivity contribution < 1.29 is 9.90 Å². The van der Waals surface area contributed by atoms with Crippen LogP contribution in [0.25, 0.3) is 0 Å². The molecule has 0 bridgehead atoms. The van der Waals surface area contributed by atoms with E-state index in [2.05, 4.69) is 0 Å². The van der Waals surface area contributed by atoms with Crippen LogP contribution >= 0.6 is 0 Å². The SMILES string of the molecule is C[C@@H](C1CC1)C(N)C(=O)O. The van der Waals surface area contributed by atoms with Gasteiger partial charge in [0, 0.05) is 0 Å². The van der Waals surface area contributed by atoms with Gasteiger partial charge >= 0.3 is 5.97 Å². The van der Waals surface area contributed by atoms with E-state index in [0.29, 0.717) is 5.92 Å². The van der Waals surface area contributed by atoms with E-state index < -0.39 is 12.0 Å². The van der Waals surface area contributed by atoms with Crippen LogP contribution in [0.1, 0.15) is 19.8 Å². The molecule has 58 valence electrons. The van der Waals surface area contributed by atoms with Crippen molar-refractivity contribution in [3.05, 3.63) is 0 Å². The van der Waals surface area contributed by atoms with E-state index in [1.807, 2.05) is 6.92 Å². The fraction of sp³-hybridized carbons (Fsp3) is 0.857. The van der Waals surface area contributed by atoms with E-state index in [9.17, 15) is 4.79 Å². The molecule has 0 aromatic rings. The molecule has 1 fully saturated rings. The predicted molar refractivity (Wildman–Crippen MR) is 37.5 cm³/mol. The molecule has 0 aliphatic heterocycles. The lowest BCUT2D eigenvalue weighted by atomic mass is 9.98. The molecular formula is C7H13NO2. The molecule has 1 aliphatic rings. The van der Waals surface area contributed by atoms with Crippen molar-refractivity contribution in [1.29, 1.82) is 0 Å². The summed E-state index contributed by atoms with van der Waals surface area (Å²) in [5.41, 5.74) is 5.40. The lowest BCUT2D eigenvalue weighted by molar-refractivity contribution is -0.139. The minimum absolute atomic E-state index is 0.150. The molecule has 0 saturated heterocycles. The van der Waals surface area contributed by atoms with Crippen molar-refractivity contribution in [2.75, 3.05) is 0 Å². The second-order valence-corrected chi connectivity index (χ2v) is 3.06. The third kappa shape index (κ3) is 1.48. The molecule has 0 heterocycles. The lowest BCUT2D eigenvalue weighted by Crippen LogP contribution is -2.37. The Balaban J connectivity index is 2.38. The van der Waals surface area contributed by atoms with Gasteiger partial charge in [0.1, 0.15) is 6.04 Å². The Morgan fingerprint density at radius 1 is 1.70 bits per heavy atom. The molecule has 0 aromatic carbocycles. The summed E-state index contributed by atoms with van der Waals surface area (Å²) in [6.07, 6.45) is 2.31. The third-order valence-electron chi connectivity index (χ3n) is 2.22. The zero-order valence-electron chi connectivity index (χ0n) is 6.08. The summed E-state index contributed by atoms with van der Waals surface area (Å²) < 4.78 is 0. The summed E-state index contributed by atoms with van der Waals surface area (Å²) in [7, 11) is 0. The Labute approximate surface area is 60.2 Å². The first-order chi connectivity index (χ1) is 4.63. The normalized spacial score (nSPS) is 23.8. The van der Waals surface area contributed by atoms with Crippen LogP contribution in [0.5, 0.6) is 0 Å². The highest BCUT2D eigenvalue weighted by Crippen LogP contribution is 2.37. The average molecular weight is 143 g/mol. The number of carboxylic acids is 1. The molecule has 1 rings (SSSR count). The second-order valence-electron chi connectivity index (χ2n) is 3.06. The zero-order chi connectivity index (χ0) is 7.72. The van der Waals surface area contributed by atoms with E-state index in [1.54, 1.807) is 0 Å². The monoisotopic (exact) mass is 143 g/mol. The lowest BCUT2D eigenvalue weighted by Gasteiger charge is -2.13. The van der Waals surface area contributed by atoms with Crippen LogP contribution in [0.4, 0.5) is 0 Å². The highest BCUT2D eigenvalue weighted by atomic mass is 16.4. The molecule has 10 heavy (non-hydrogen) atoms. The van der Waals surface area contributed by atoms with Gasteiger partial charge in [-0.05, 0) is 24.7 Å². The van der Waals surface area contributed by atoms with E-state index >= 15 is 0 Å². The third-order valence-corrected chi connectivity index (χ3v) is 2.22. The van der Waals surface area contributed by atoms with Gasteiger partial charge in [-0.15, -0.1) is 0 Å². The Morgan fingerprint density at radius 2 is 2.20 bits per heavy atom. The summed E-state index contributed by atoms with van der Waals surface area (Å²) in [6.45, 7) is 1.91. The molecule has 3 heteroatoms. The molecule has 0 radical (unpaired) electrons. The molecule has 0 amide bonds. The molecule has 1 saturated carbocycles. The quantitative estimate of drug-likeness (QED) is 0.602. The smallest absolute Gasteiger partial charge is 0.320 e. The van der Waals surface area contributed by atoms with E-state index in [4.69, 9.17) is 10.8 Å². The van der Waals surface area contributed by atoms with Gasteiger partial charge in [-0.2, -0.15) is 0 Å². The van der Waals surface area contributed by atoms with Crippen LogP contribution < -0.4 is 5.73 Å². The van der Waals surface area contributed by atoms with Gasteiger partial charge in [0.25, 0.3) is 0 Å². The summed E-state index contributed by atoms with van der Waals surface area (Å²) in [6, 6.07) is -0.660. The maximum atomic E-state index is 10.3. The van der Waals surface area contributed by atoms with Crippen LogP contribution in [0, 0.1) is 11.8 Å². The van der Waals surface area contributed by atoms with Crippen LogP contribution in [-0.4, -0.2) is 17.1 Å². The first-order valence-electron chi connectivity index (χ1n) is 3.61. The summed E-state index contributed by atoms with van der Waals surface area (Å²) >= 11 is 0. The van der Waals surface area contributed by atoms with Crippen LogP contribution in [-0.2, 0) is 4.79 Å². The van der Waals surface area contributed by atoms with Gasteiger partial charge in [-0.25, -0.2) is 0 Å². The number of aliphatic carboxylic acids is 1. The van der Waals surface area contributed by atoms with Gasteiger partial charge in [-0.1, -0.05) is 6.92 Å². The van der Waals surface area contributed by atoms with Crippen molar-refractivity contribution in [2.45, 2.75) is 25.8 Å². The first-order valence-corrected chi connectivity index (χ1v) is 3.61. The molecule has 0 aromatic heterocycles. The Kier molecular flexibility index (Phi) is 1.94. The fourth-order valence-corrected chi connectivity index (χ4v) is 1.14. The van der Waals surface area contributed by atoms with Gasteiger partial charge in [-0.3, -0.25) is 4.79 Å². The van der Waals surface area contributed by atoms with Gasteiger partial charge in [0.15, 0.2) is 0 Å². The van der Waals surface area contributed by atoms with Gasteiger partial charge in [0.2, 0.25) is 0 Å². The average Bonchev–Trinajstić information content (AvgIpc) is 2.65. The van der Waals surface area contributed by atoms with Crippen LogP contribution in [0.15, 0.2) is 0 Å². The van der Waals surface area contributed by atoms with Gasteiger partial charge in [0.05, 0.1) is 0 Å². The number of carboxylic acid groups (broad SMARTS) is 1. The molecule has 2 atom stereocenters. The maximum Gasteiger partial charge on any atom is 0.320 e. The van der Waals surface area contributed by atoms with E-state index in [-0.39, 0.29) is 5.92 Å². The summed E-state index contributed by atoms with van der Waals surface area (Å²) in [5.74, 6) is -0.150. The molecule has 1 aliphatic carbocycles. The Hall–Kier alpha value is -0.570. The van der Waals surface area contributed by atoms with Crippen molar-refractivity contribution in [3.63, 3.8) is 0 Å². The molecule has 0 spiro atoms. The topological polar surface area (TPSA) is 63.3 Å². The number of nitrogens with two attached hydrogens (primary N) is 1. The van der Waals surface area contributed by atoms with Crippen molar-refractivity contribution in [2.24, 2.45) is 17.6 Å². The van der Waals surface area contributed by atoms with E-state index in [0.717, 1.165) is 12.8 Å². The minimum Gasteiger partial charge on any atom is -0.480 e. The Bertz CT molecular complexity index is 143. The number of hydrogen-bond donors (Lipinski definition) is 2. The molecule has 1 unspecified atom stereocenters. The largest absolute Gasteiger partial charge is 0.480 e. The summed E-state index contributed by atoms with van der Waals surface area (Å²) in [5, 5.41) is 8.50. The molecule has 3 N–H and O–H groups in total. The minimum atomic E-state index is -0.876. The standard InChI is InChI=1S/C7H13NO2/c1-4(5-2-3-5)6(8)7(9)10/h4-6H,2-3,8H2,1H3,(H,9,10)/t4-,6?/m0/s1. The highest BCUT2D eigenvalue weighted by Gasteiger charge is 2.34. The molecular weight excluding hydrogens is 130 g/mol. The van der Waals surface area contributed by atoms with E-state index in [1.165, 1.54) is 0 Å². The number of rotatable bonds is 3. The molecule has 3 nitrogen and oxygen atoms in total. The van der Waals surface area contributed by atoms with Crippen LogP contribution in [0.2, 0.25) is 0 Å². The predicted octanol–water partition coefficient (Wildman–Crippen LogP) is 0.444. The van der Waals surface area contributed by atoms with Crippen LogP contribution in [0.3, 0.4) is 0 Å². The Morgan fingerprint density at radius 3 is 2.50 bits per heavy atom. The summed E-state index contributed by atoms with van der Waals surface area (Å²) in [4.78, 5) is 10.3. The zero-order valence-corrected chi connectivity index (χ0v) is 6.08. The van der Waals surface area contributed by atoms with Gasteiger partial charge < -0.3 is 10.8 Å². The number of hydrogen-bond acceptors (Lipinski definition) is 2.